The molecule has 7 nitrogen and oxygen atoms in total. The van der Waals surface area contributed by atoms with Gasteiger partial charge in [0.2, 0.25) is 5.91 Å². The molecule has 0 saturated carbocycles. The van der Waals surface area contributed by atoms with Crippen LogP contribution in [0.15, 0.2) is 28.8 Å². The molecule has 1 fully saturated rings. The zero-order chi connectivity index (χ0) is 16.8. The van der Waals surface area contributed by atoms with E-state index in [4.69, 9.17) is 9.26 Å². The second kappa shape index (κ2) is 7.92. The minimum atomic E-state index is 0.0544. The molecule has 1 aromatic heterocycles. The van der Waals surface area contributed by atoms with Crippen molar-refractivity contribution in [3.63, 3.8) is 0 Å². The number of aryl methyl sites for hydroxylation is 1. The fourth-order valence-electron chi connectivity index (χ4n) is 2.75. The van der Waals surface area contributed by atoms with Gasteiger partial charge in [0.15, 0.2) is 12.4 Å². The SMILES string of the molecule is Cc1noc(COc2ccc(NC(=O)CC3CCCNC3)cc2)n1. The summed E-state index contributed by atoms with van der Waals surface area (Å²) in [6.07, 6.45) is 2.81. The topological polar surface area (TPSA) is 89.3 Å². The van der Waals surface area contributed by atoms with Crippen molar-refractivity contribution in [2.75, 3.05) is 18.4 Å². The fraction of sp³-hybridized carbons (Fsp3) is 0.471. The summed E-state index contributed by atoms with van der Waals surface area (Å²) in [4.78, 5) is 16.2. The van der Waals surface area contributed by atoms with Crippen molar-refractivity contribution in [2.24, 2.45) is 5.92 Å². The van der Waals surface area contributed by atoms with Gasteiger partial charge in [-0.25, -0.2) is 0 Å². The number of hydrogen-bond donors (Lipinski definition) is 2. The second-order valence-corrected chi connectivity index (χ2v) is 6.01. The Morgan fingerprint density at radius 2 is 2.25 bits per heavy atom. The summed E-state index contributed by atoms with van der Waals surface area (Å²) in [5, 5.41) is 9.96. The number of carbonyl (C=O) groups excluding carboxylic acids is 1. The van der Waals surface area contributed by atoms with Gasteiger partial charge in [-0.3, -0.25) is 4.79 Å². The average Bonchev–Trinajstić information content (AvgIpc) is 3.00. The van der Waals surface area contributed by atoms with Gasteiger partial charge in [-0.2, -0.15) is 4.98 Å². The van der Waals surface area contributed by atoms with E-state index in [1.54, 1.807) is 19.1 Å². The highest BCUT2D eigenvalue weighted by Crippen LogP contribution is 2.19. The first-order valence-corrected chi connectivity index (χ1v) is 8.21. The third-order valence-corrected chi connectivity index (χ3v) is 3.94. The van der Waals surface area contributed by atoms with Crippen molar-refractivity contribution in [1.82, 2.24) is 15.5 Å². The van der Waals surface area contributed by atoms with Crippen molar-refractivity contribution < 1.29 is 14.1 Å². The molecule has 2 heterocycles. The quantitative estimate of drug-likeness (QED) is 0.845. The van der Waals surface area contributed by atoms with Crippen molar-refractivity contribution in [2.45, 2.75) is 32.8 Å². The molecular weight excluding hydrogens is 308 g/mol. The largest absolute Gasteiger partial charge is 0.484 e. The Labute approximate surface area is 140 Å². The lowest BCUT2D eigenvalue weighted by molar-refractivity contribution is -0.117. The Morgan fingerprint density at radius 1 is 1.42 bits per heavy atom. The molecule has 1 aromatic carbocycles. The van der Waals surface area contributed by atoms with Crippen molar-refractivity contribution in [1.29, 1.82) is 0 Å². The molecule has 1 aliphatic heterocycles. The molecule has 1 saturated heterocycles. The molecule has 0 bridgehead atoms. The van der Waals surface area contributed by atoms with E-state index in [9.17, 15) is 4.79 Å². The number of rotatable bonds is 6. The Kier molecular flexibility index (Phi) is 5.43. The third-order valence-electron chi connectivity index (χ3n) is 3.94. The summed E-state index contributed by atoms with van der Waals surface area (Å²) in [7, 11) is 0. The summed E-state index contributed by atoms with van der Waals surface area (Å²) >= 11 is 0. The van der Waals surface area contributed by atoms with Crippen LogP contribution in [-0.2, 0) is 11.4 Å². The maximum atomic E-state index is 12.1. The molecule has 7 heteroatoms. The molecule has 2 aromatic rings. The Hall–Kier alpha value is -2.41. The van der Waals surface area contributed by atoms with E-state index in [0.29, 0.717) is 29.8 Å². The van der Waals surface area contributed by atoms with Crippen LogP contribution in [0.25, 0.3) is 0 Å². The van der Waals surface area contributed by atoms with Crippen LogP contribution in [0.3, 0.4) is 0 Å². The van der Waals surface area contributed by atoms with Crippen LogP contribution in [0.4, 0.5) is 5.69 Å². The zero-order valence-corrected chi connectivity index (χ0v) is 13.7. The molecule has 1 amide bonds. The standard InChI is InChI=1S/C17H22N4O3/c1-12-19-17(24-21-12)11-23-15-6-4-14(5-7-15)20-16(22)9-13-3-2-8-18-10-13/h4-7,13,18H,2-3,8-11H2,1H3,(H,20,22). The van der Waals surface area contributed by atoms with Crippen LogP contribution in [0, 0.1) is 12.8 Å². The maximum absolute atomic E-state index is 12.1. The predicted molar refractivity (Wildman–Crippen MR) is 88.6 cm³/mol. The van der Waals surface area contributed by atoms with Gasteiger partial charge in [-0.1, -0.05) is 5.16 Å². The first kappa shape index (κ1) is 16.4. The highest BCUT2D eigenvalue weighted by atomic mass is 16.5. The third kappa shape index (κ3) is 4.79. The van der Waals surface area contributed by atoms with Crippen LogP contribution >= 0.6 is 0 Å². The lowest BCUT2D eigenvalue weighted by Crippen LogP contribution is -2.32. The van der Waals surface area contributed by atoms with Crippen LogP contribution < -0.4 is 15.4 Å². The summed E-state index contributed by atoms with van der Waals surface area (Å²) in [5.74, 6) is 2.18. The molecule has 1 unspecified atom stereocenters. The van der Waals surface area contributed by atoms with Crippen molar-refractivity contribution in [3.8, 4) is 5.75 Å². The first-order chi connectivity index (χ1) is 11.7. The summed E-state index contributed by atoms with van der Waals surface area (Å²) in [6.45, 7) is 3.97. The highest BCUT2D eigenvalue weighted by Gasteiger charge is 2.16. The Morgan fingerprint density at radius 3 is 2.92 bits per heavy atom. The molecule has 1 atom stereocenters. The molecular formula is C17H22N4O3. The van der Waals surface area contributed by atoms with E-state index in [-0.39, 0.29) is 12.5 Å². The van der Waals surface area contributed by atoms with Crippen LogP contribution in [0.2, 0.25) is 0 Å². The number of hydrogen-bond acceptors (Lipinski definition) is 6. The molecule has 3 rings (SSSR count). The Bertz CT molecular complexity index is 663. The zero-order valence-electron chi connectivity index (χ0n) is 13.7. The normalized spacial score (nSPS) is 17.5. The molecule has 2 N–H and O–H groups in total. The predicted octanol–water partition coefficient (Wildman–Crippen LogP) is 2.29. The number of nitrogens with zero attached hydrogens (tertiary/aromatic N) is 2. The number of amides is 1. The monoisotopic (exact) mass is 330 g/mol. The molecule has 128 valence electrons. The van der Waals surface area contributed by atoms with E-state index in [1.807, 2.05) is 12.1 Å². The van der Waals surface area contributed by atoms with Gasteiger partial charge in [-0.05, 0) is 63.0 Å². The van der Waals surface area contributed by atoms with Gasteiger partial charge in [0.05, 0.1) is 0 Å². The van der Waals surface area contributed by atoms with Gasteiger partial charge in [-0.15, -0.1) is 0 Å². The van der Waals surface area contributed by atoms with Gasteiger partial charge < -0.3 is 19.9 Å². The number of benzene rings is 1. The number of carbonyl (C=O) groups is 1. The van der Waals surface area contributed by atoms with Crippen LogP contribution in [-0.4, -0.2) is 29.1 Å². The fourth-order valence-corrected chi connectivity index (χ4v) is 2.75. The van der Waals surface area contributed by atoms with E-state index in [0.717, 1.165) is 31.6 Å². The smallest absolute Gasteiger partial charge is 0.264 e. The number of ether oxygens (including phenoxy) is 1. The summed E-state index contributed by atoms with van der Waals surface area (Å²) < 4.78 is 10.6. The first-order valence-electron chi connectivity index (χ1n) is 8.21. The highest BCUT2D eigenvalue weighted by molar-refractivity contribution is 5.90. The Balaban J connectivity index is 1.46. The van der Waals surface area contributed by atoms with E-state index in [1.165, 1.54) is 0 Å². The minimum absolute atomic E-state index is 0.0544. The number of nitrogens with one attached hydrogen (secondary N) is 2. The maximum Gasteiger partial charge on any atom is 0.264 e. The van der Waals surface area contributed by atoms with Gasteiger partial charge in [0, 0.05) is 12.1 Å². The summed E-state index contributed by atoms with van der Waals surface area (Å²) in [5.41, 5.74) is 0.768. The van der Waals surface area contributed by atoms with Crippen molar-refractivity contribution >= 4 is 11.6 Å². The van der Waals surface area contributed by atoms with Gasteiger partial charge in [0.1, 0.15) is 5.75 Å². The number of aromatic nitrogens is 2. The van der Waals surface area contributed by atoms with Gasteiger partial charge in [0.25, 0.3) is 5.89 Å². The lowest BCUT2D eigenvalue weighted by Gasteiger charge is -2.22. The molecule has 24 heavy (non-hydrogen) atoms. The molecule has 0 spiro atoms. The number of piperidine rings is 1. The van der Waals surface area contributed by atoms with Crippen LogP contribution in [0.5, 0.6) is 5.75 Å². The van der Waals surface area contributed by atoms with Crippen LogP contribution in [0.1, 0.15) is 31.0 Å². The van der Waals surface area contributed by atoms with E-state index >= 15 is 0 Å². The molecule has 1 aliphatic rings. The molecule has 0 aliphatic carbocycles. The van der Waals surface area contributed by atoms with E-state index in [2.05, 4.69) is 20.8 Å². The lowest BCUT2D eigenvalue weighted by atomic mass is 9.96. The molecule has 0 radical (unpaired) electrons. The van der Waals surface area contributed by atoms with Gasteiger partial charge >= 0.3 is 0 Å². The average molecular weight is 330 g/mol. The number of anilines is 1. The second-order valence-electron chi connectivity index (χ2n) is 6.01. The minimum Gasteiger partial charge on any atom is -0.484 e. The summed E-state index contributed by atoms with van der Waals surface area (Å²) in [6, 6.07) is 7.26. The van der Waals surface area contributed by atoms with E-state index < -0.39 is 0 Å². The van der Waals surface area contributed by atoms with Crippen molar-refractivity contribution in [3.05, 3.63) is 36.0 Å².